The van der Waals surface area contributed by atoms with E-state index in [0.29, 0.717) is 6.04 Å². The fourth-order valence-electron chi connectivity index (χ4n) is 2.94. The molecule has 0 saturated carbocycles. The summed E-state index contributed by atoms with van der Waals surface area (Å²) in [4.78, 5) is 2.59. The molecule has 0 aromatic heterocycles. The van der Waals surface area contributed by atoms with Crippen molar-refractivity contribution in [2.75, 3.05) is 12.3 Å². The zero-order chi connectivity index (χ0) is 13.3. The summed E-state index contributed by atoms with van der Waals surface area (Å²) in [6.07, 6.45) is 1.35. The Bertz CT molecular complexity index is 419. The quantitative estimate of drug-likeness (QED) is 0.839. The number of nitrogen functional groups attached to an aromatic ring is 1. The number of nitrogens with two attached hydrogens (primary N) is 1. The number of hydrogen-bond donors (Lipinski definition) is 1. The van der Waals surface area contributed by atoms with Gasteiger partial charge in [-0.3, -0.25) is 4.90 Å². The third-order valence-electron chi connectivity index (χ3n) is 4.17. The summed E-state index contributed by atoms with van der Waals surface area (Å²) in [5, 5.41) is 0. The summed E-state index contributed by atoms with van der Waals surface area (Å²) >= 11 is 3.51. The maximum absolute atomic E-state index is 5.83. The van der Waals surface area contributed by atoms with Gasteiger partial charge in [0.05, 0.1) is 0 Å². The van der Waals surface area contributed by atoms with Crippen LogP contribution in [0.2, 0.25) is 0 Å². The average Bonchev–Trinajstić information content (AvgIpc) is 2.30. The molecule has 0 spiro atoms. The van der Waals surface area contributed by atoms with Gasteiger partial charge in [0.1, 0.15) is 0 Å². The molecule has 1 aliphatic heterocycles. The molecular formula is C15H23BrN2. The lowest BCUT2D eigenvalue weighted by atomic mass is 9.86. The van der Waals surface area contributed by atoms with E-state index in [-0.39, 0.29) is 0 Å². The molecular weight excluding hydrogens is 288 g/mol. The molecule has 0 amide bonds. The van der Waals surface area contributed by atoms with Crippen LogP contribution in [0.3, 0.4) is 0 Å². The van der Waals surface area contributed by atoms with Crippen LogP contribution in [0.1, 0.15) is 32.8 Å². The summed E-state index contributed by atoms with van der Waals surface area (Å²) in [5.74, 6) is 1.58. The minimum Gasteiger partial charge on any atom is -0.398 e. The highest BCUT2D eigenvalue weighted by Gasteiger charge is 2.28. The Labute approximate surface area is 119 Å². The monoisotopic (exact) mass is 310 g/mol. The summed E-state index contributed by atoms with van der Waals surface area (Å²) in [6.45, 7) is 9.30. The highest BCUT2D eigenvalue weighted by Crippen LogP contribution is 2.29. The van der Waals surface area contributed by atoms with Gasteiger partial charge in [0.25, 0.3) is 0 Å². The van der Waals surface area contributed by atoms with Crippen molar-refractivity contribution in [2.24, 2.45) is 11.8 Å². The van der Waals surface area contributed by atoms with Crippen molar-refractivity contribution in [2.45, 2.75) is 39.8 Å². The van der Waals surface area contributed by atoms with Crippen LogP contribution in [0.5, 0.6) is 0 Å². The molecule has 3 unspecified atom stereocenters. The van der Waals surface area contributed by atoms with Gasteiger partial charge in [0.15, 0.2) is 0 Å². The Kier molecular flexibility index (Phi) is 4.33. The molecule has 0 radical (unpaired) electrons. The van der Waals surface area contributed by atoms with Gasteiger partial charge in [-0.15, -0.1) is 0 Å². The number of likely N-dealkylation sites (tertiary alicyclic amines) is 1. The van der Waals surface area contributed by atoms with Gasteiger partial charge < -0.3 is 5.73 Å². The lowest BCUT2D eigenvalue weighted by Crippen LogP contribution is -2.45. The fourth-order valence-corrected chi connectivity index (χ4v) is 3.37. The minimum absolute atomic E-state index is 0.664. The van der Waals surface area contributed by atoms with Crippen molar-refractivity contribution in [1.82, 2.24) is 4.90 Å². The van der Waals surface area contributed by atoms with Crippen LogP contribution in [-0.2, 0) is 6.54 Å². The van der Waals surface area contributed by atoms with Crippen molar-refractivity contribution < 1.29 is 0 Å². The molecule has 2 N–H and O–H groups in total. The van der Waals surface area contributed by atoms with Crippen LogP contribution >= 0.6 is 15.9 Å². The third kappa shape index (κ3) is 3.07. The van der Waals surface area contributed by atoms with Crippen LogP contribution in [0, 0.1) is 11.8 Å². The maximum Gasteiger partial charge on any atom is 0.0458 e. The van der Waals surface area contributed by atoms with E-state index in [0.717, 1.165) is 28.5 Å². The Morgan fingerprint density at radius 3 is 2.72 bits per heavy atom. The van der Waals surface area contributed by atoms with Crippen molar-refractivity contribution in [3.8, 4) is 0 Å². The zero-order valence-corrected chi connectivity index (χ0v) is 13.1. The molecule has 1 saturated heterocycles. The zero-order valence-electron chi connectivity index (χ0n) is 11.5. The molecule has 100 valence electrons. The molecule has 1 heterocycles. The molecule has 18 heavy (non-hydrogen) atoms. The second kappa shape index (κ2) is 5.62. The van der Waals surface area contributed by atoms with Crippen LogP contribution in [0.15, 0.2) is 22.7 Å². The molecule has 1 aromatic carbocycles. The van der Waals surface area contributed by atoms with Crippen molar-refractivity contribution in [3.63, 3.8) is 0 Å². The first kappa shape index (κ1) is 13.9. The molecule has 0 aliphatic carbocycles. The number of benzene rings is 1. The first-order valence-corrected chi connectivity index (χ1v) is 7.54. The number of halogens is 1. The third-order valence-corrected chi connectivity index (χ3v) is 4.86. The maximum atomic E-state index is 5.83. The highest BCUT2D eigenvalue weighted by molar-refractivity contribution is 9.10. The van der Waals surface area contributed by atoms with Crippen molar-refractivity contribution in [1.29, 1.82) is 0 Å². The summed E-state index contributed by atoms with van der Waals surface area (Å²) in [7, 11) is 0. The van der Waals surface area contributed by atoms with E-state index < -0.39 is 0 Å². The highest BCUT2D eigenvalue weighted by atomic mass is 79.9. The number of hydrogen-bond acceptors (Lipinski definition) is 2. The van der Waals surface area contributed by atoms with E-state index in [1.54, 1.807) is 0 Å². The smallest absolute Gasteiger partial charge is 0.0458 e. The first-order valence-electron chi connectivity index (χ1n) is 6.75. The molecule has 3 atom stereocenters. The van der Waals surface area contributed by atoms with E-state index in [1.807, 2.05) is 6.07 Å². The molecule has 2 nitrogen and oxygen atoms in total. The lowest BCUT2D eigenvalue weighted by Gasteiger charge is -2.41. The van der Waals surface area contributed by atoms with Crippen molar-refractivity contribution in [3.05, 3.63) is 28.2 Å². The van der Waals surface area contributed by atoms with Gasteiger partial charge in [0, 0.05) is 29.3 Å². The van der Waals surface area contributed by atoms with E-state index in [9.17, 15) is 0 Å². The summed E-state index contributed by atoms with van der Waals surface area (Å²) in [5.41, 5.74) is 7.98. The van der Waals surface area contributed by atoms with E-state index >= 15 is 0 Å². The topological polar surface area (TPSA) is 29.3 Å². The Morgan fingerprint density at radius 1 is 1.33 bits per heavy atom. The van der Waals surface area contributed by atoms with Gasteiger partial charge in [0.2, 0.25) is 0 Å². The SMILES string of the molecule is CC1CC(C)C(C)N(Cc2ccc(N)c(Br)c2)C1. The minimum atomic E-state index is 0.664. The van der Waals surface area contributed by atoms with Crippen LogP contribution in [0.4, 0.5) is 5.69 Å². The van der Waals surface area contributed by atoms with Gasteiger partial charge in [-0.2, -0.15) is 0 Å². The average molecular weight is 311 g/mol. The number of anilines is 1. The van der Waals surface area contributed by atoms with Crippen LogP contribution in [-0.4, -0.2) is 17.5 Å². The van der Waals surface area contributed by atoms with Gasteiger partial charge in [-0.1, -0.05) is 19.9 Å². The van der Waals surface area contributed by atoms with E-state index in [1.165, 1.54) is 18.5 Å². The normalized spacial score (nSPS) is 29.4. The summed E-state index contributed by atoms with van der Waals surface area (Å²) < 4.78 is 1.01. The summed E-state index contributed by atoms with van der Waals surface area (Å²) in [6, 6.07) is 6.93. The predicted molar refractivity (Wildman–Crippen MR) is 81.4 cm³/mol. The number of nitrogens with zero attached hydrogens (tertiary/aromatic N) is 1. The van der Waals surface area contributed by atoms with Gasteiger partial charge in [-0.25, -0.2) is 0 Å². The standard InChI is InChI=1S/C15H23BrN2/c1-10-6-11(2)12(3)18(8-10)9-13-4-5-15(17)14(16)7-13/h4-5,7,10-12H,6,8-9,17H2,1-3H3. The lowest BCUT2D eigenvalue weighted by molar-refractivity contribution is 0.0729. The second-order valence-electron chi connectivity index (χ2n) is 5.84. The van der Waals surface area contributed by atoms with E-state index in [2.05, 4.69) is 53.7 Å². The Balaban J connectivity index is 2.09. The fraction of sp³-hybridized carbons (Fsp3) is 0.600. The van der Waals surface area contributed by atoms with Crippen LogP contribution in [0.25, 0.3) is 0 Å². The molecule has 3 heteroatoms. The molecule has 0 bridgehead atoms. The Morgan fingerprint density at radius 2 is 2.06 bits per heavy atom. The number of rotatable bonds is 2. The van der Waals surface area contributed by atoms with Crippen molar-refractivity contribution >= 4 is 21.6 Å². The van der Waals surface area contributed by atoms with E-state index in [4.69, 9.17) is 5.73 Å². The predicted octanol–water partition coefficient (Wildman–Crippen LogP) is 3.90. The van der Waals surface area contributed by atoms with Gasteiger partial charge >= 0.3 is 0 Å². The largest absolute Gasteiger partial charge is 0.398 e. The molecule has 1 aliphatic rings. The molecule has 2 rings (SSSR count). The van der Waals surface area contributed by atoms with Crippen LogP contribution < -0.4 is 5.73 Å². The molecule has 1 fully saturated rings. The Hall–Kier alpha value is -0.540. The number of piperidine rings is 1. The van der Waals surface area contributed by atoms with Gasteiger partial charge in [-0.05, 0) is 58.8 Å². The molecule has 1 aromatic rings. The second-order valence-corrected chi connectivity index (χ2v) is 6.70. The first-order chi connectivity index (χ1) is 8.47.